The Hall–Kier alpha value is -1.86. The Kier molecular flexibility index (Phi) is 4.08. The third-order valence-electron chi connectivity index (χ3n) is 4.94. The van der Waals surface area contributed by atoms with Crippen molar-refractivity contribution < 1.29 is 18.0 Å². The van der Waals surface area contributed by atoms with Crippen LogP contribution in [-0.4, -0.2) is 41.4 Å². The molecule has 132 valence electrons. The van der Waals surface area contributed by atoms with Gasteiger partial charge in [-0.15, -0.1) is 11.3 Å². The summed E-state index contributed by atoms with van der Waals surface area (Å²) >= 11 is 1.79. The minimum absolute atomic E-state index is 0.104. The number of benzene rings is 1. The molecule has 0 N–H and O–H groups in total. The van der Waals surface area contributed by atoms with E-state index in [4.69, 9.17) is 0 Å². The lowest BCUT2D eigenvalue weighted by Crippen LogP contribution is -2.61. The van der Waals surface area contributed by atoms with E-state index in [1.54, 1.807) is 16.2 Å². The summed E-state index contributed by atoms with van der Waals surface area (Å²) in [6.07, 6.45) is -3.40. The second-order valence-electron chi connectivity index (χ2n) is 6.53. The minimum Gasteiger partial charge on any atom is -0.335 e. The van der Waals surface area contributed by atoms with Crippen molar-refractivity contribution in [3.63, 3.8) is 0 Å². The van der Waals surface area contributed by atoms with Gasteiger partial charge in [0.25, 0.3) is 5.91 Å². The second-order valence-corrected chi connectivity index (χ2v) is 7.53. The van der Waals surface area contributed by atoms with Crippen molar-refractivity contribution in [2.24, 2.45) is 0 Å². The van der Waals surface area contributed by atoms with Gasteiger partial charge in [-0.3, -0.25) is 9.69 Å². The Morgan fingerprint density at radius 2 is 2.00 bits per heavy atom. The zero-order valence-electron chi connectivity index (χ0n) is 13.4. The van der Waals surface area contributed by atoms with Gasteiger partial charge in [0, 0.05) is 42.7 Å². The first-order chi connectivity index (χ1) is 11.9. The highest BCUT2D eigenvalue weighted by atomic mass is 32.1. The Morgan fingerprint density at radius 1 is 1.20 bits per heavy atom. The summed E-state index contributed by atoms with van der Waals surface area (Å²) < 4.78 is 38.4. The lowest BCUT2D eigenvalue weighted by Gasteiger charge is -2.46. The normalized spacial score (nSPS) is 18.8. The van der Waals surface area contributed by atoms with Gasteiger partial charge in [-0.05, 0) is 41.6 Å². The Labute approximate surface area is 147 Å². The lowest BCUT2D eigenvalue weighted by molar-refractivity contribution is -0.137. The SMILES string of the molecule is O=C(c1cccc(C(F)(F)F)c1)N1CC(N2CCc3sccc3C2)C1. The fourth-order valence-corrected chi connectivity index (χ4v) is 4.33. The van der Waals surface area contributed by atoms with Crippen LogP contribution in [0.3, 0.4) is 0 Å². The summed E-state index contributed by atoms with van der Waals surface area (Å²) in [7, 11) is 0. The van der Waals surface area contributed by atoms with Crippen molar-refractivity contribution >= 4 is 17.2 Å². The van der Waals surface area contributed by atoms with E-state index in [1.165, 1.54) is 22.6 Å². The average molecular weight is 366 g/mol. The Balaban J connectivity index is 1.39. The highest BCUT2D eigenvalue weighted by Crippen LogP contribution is 2.31. The number of hydrogen-bond donors (Lipinski definition) is 0. The first-order valence-electron chi connectivity index (χ1n) is 8.17. The molecule has 0 aliphatic carbocycles. The smallest absolute Gasteiger partial charge is 0.335 e. The van der Waals surface area contributed by atoms with E-state index in [-0.39, 0.29) is 11.5 Å². The maximum absolute atomic E-state index is 12.8. The van der Waals surface area contributed by atoms with Crippen LogP contribution in [0.15, 0.2) is 35.7 Å². The molecule has 0 unspecified atom stereocenters. The fourth-order valence-electron chi connectivity index (χ4n) is 3.45. The number of thiophene rings is 1. The molecule has 1 fully saturated rings. The van der Waals surface area contributed by atoms with Crippen LogP contribution < -0.4 is 0 Å². The molecule has 1 saturated heterocycles. The van der Waals surface area contributed by atoms with E-state index >= 15 is 0 Å². The number of alkyl halides is 3. The van der Waals surface area contributed by atoms with E-state index in [1.807, 2.05) is 0 Å². The molecule has 2 aliphatic heterocycles. The Morgan fingerprint density at radius 3 is 2.76 bits per heavy atom. The van der Waals surface area contributed by atoms with Gasteiger partial charge in [0.15, 0.2) is 0 Å². The first kappa shape index (κ1) is 16.6. The summed E-state index contributed by atoms with van der Waals surface area (Å²) in [6.45, 7) is 3.03. The summed E-state index contributed by atoms with van der Waals surface area (Å²) in [5.41, 5.74) is 0.683. The standard InChI is InChI=1S/C18H17F3N2OS/c19-18(20,21)14-3-1-2-12(8-14)17(24)23-10-15(11-23)22-6-4-16-13(9-22)5-7-25-16/h1-3,5,7-8,15H,4,6,9-11H2. The van der Waals surface area contributed by atoms with Gasteiger partial charge in [-0.2, -0.15) is 13.2 Å². The third-order valence-corrected chi connectivity index (χ3v) is 5.96. The quantitative estimate of drug-likeness (QED) is 0.810. The summed E-state index contributed by atoms with van der Waals surface area (Å²) in [4.78, 5) is 17.9. The number of hydrogen-bond acceptors (Lipinski definition) is 3. The van der Waals surface area contributed by atoms with Crippen molar-refractivity contribution in [2.45, 2.75) is 25.2 Å². The van der Waals surface area contributed by atoms with Crippen LogP contribution in [0.1, 0.15) is 26.4 Å². The van der Waals surface area contributed by atoms with Crippen molar-refractivity contribution in [3.05, 3.63) is 57.3 Å². The Bertz CT molecular complexity index is 796. The maximum atomic E-state index is 12.8. The lowest BCUT2D eigenvalue weighted by atomic mass is 10.0. The van der Waals surface area contributed by atoms with Crippen LogP contribution in [-0.2, 0) is 19.1 Å². The number of amides is 1. The number of likely N-dealkylation sites (tertiary alicyclic amines) is 1. The molecule has 7 heteroatoms. The molecule has 1 aromatic carbocycles. The van der Waals surface area contributed by atoms with Crippen molar-refractivity contribution in [1.29, 1.82) is 0 Å². The first-order valence-corrected chi connectivity index (χ1v) is 9.05. The highest BCUT2D eigenvalue weighted by Gasteiger charge is 2.37. The van der Waals surface area contributed by atoms with Crippen LogP contribution >= 0.6 is 11.3 Å². The molecular weight excluding hydrogens is 349 g/mol. The van der Waals surface area contributed by atoms with Crippen LogP contribution in [0.2, 0.25) is 0 Å². The molecule has 0 saturated carbocycles. The monoisotopic (exact) mass is 366 g/mol. The van der Waals surface area contributed by atoms with E-state index in [2.05, 4.69) is 16.3 Å². The summed E-state index contributed by atoms with van der Waals surface area (Å²) in [5, 5.41) is 2.11. The molecule has 1 aromatic heterocycles. The van der Waals surface area contributed by atoms with Crippen LogP contribution in [0.25, 0.3) is 0 Å². The largest absolute Gasteiger partial charge is 0.416 e. The average Bonchev–Trinajstić information content (AvgIpc) is 3.00. The van der Waals surface area contributed by atoms with Gasteiger partial charge < -0.3 is 4.90 Å². The van der Waals surface area contributed by atoms with Crippen molar-refractivity contribution in [1.82, 2.24) is 9.80 Å². The number of nitrogens with zero attached hydrogens (tertiary/aromatic N) is 2. The summed E-state index contributed by atoms with van der Waals surface area (Å²) in [5.74, 6) is -0.324. The number of carbonyl (C=O) groups excluding carboxylic acids is 1. The van der Waals surface area contributed by atoms with Gasteiger partial charge in [0.1, 0.15) is 0 Å². The molecular formula is C18H17F3N2OS. The van der Waals surface area contributed by atoms with E-state index in [9.17, 15) is 18.0 Å². The minimum atomic E-state index is -4.43. The molecule has 0 atom stereocenters. The van der Waals surface area contributed by atoms with Crippen molar-refractivity contribution in [3.8, 4) is 0 Å². The van der Waals surface area contributed by atoms with Gasteiger partial charge in [-0.25, -0.2) is 0 Å². The molecule has 2 aliphatic rings. The van der Waals surface area contributed by atoms with Gasteiger partial charge in [0.05, 0.1) is 5.56 Å². The topological polar surface area (TPSA) is 23.6 Å². The maximum Gasteiger partial charge on any atom is 0.416 e. The molecule has 0 spiro atoms. The molecule has 0 radical (unpaired) electrons. The van der Waals surface area contributed by atoms with Gasteiger partial charge in [-0.1, -0.05) is 6.07 Å². The predicted octanol–water partition coefficient (Wildman–Crippen LogP) is 3.65. The van der Waals surface area contributed by atoms with E-state index < -0.39 is 11.7 Å². The number of carbonyl (C=O) groups is 1. The fraction of sp³-hybridized carbons (Fsp3) is 0.389. The second kappa shape index (κ2) is 6.14. The zero-order valence-corrected chi connectivity index (χ0v) is 14.2. The third kappa shape index (κ3) is 3.18. The number of fused-ring (bicyclic) bond motifs is 1. The number of rotatable bonds is 2. The van der Waals surface area contributed by atoms with Crippen LogP contribution in [0, 0.1) is 0 Å². The molecule has 0 bridgehead atoms. The molecule has 4 rings (SSSR count). The van der Waals surface area contributed by atoms with Crippen LogP contribution in [0.4, 0.5) is 13.2 Å². The van der Waals surface area contributed by atoms with Gasteiger partial charge in [0.2, 0.25) is 0 Å². The predicted molar refractivity (Wildman–Crippen MR) is 89.6 cm³/mol. The van der Waals surface area contributed by atoms with E-state index in [0.29, 0.717) is 19.1 Å². The molecule has 1 amide bonds. The molecule has 25 heavy (non-hydrogen) atoms. The zero-order chi connectivity index (χ0) is 17.6. The van der Waals surface area contributed by atoms with Gasteiger partial charge >= 0.3 is 6.18 Å². The molecule has 3 heterocycles. The van der Waals surface area contributed by atoms with E-state index in [0.717, 1.165) is 31.6 Å². The summed E-state index contributed by atoms with van der Waals surface area (Å²) in [6, 6.07) is 7.11. The highest BCUT2D eigenvalue weighted by molar-refractivity contribution is 7.10. The molecule has 3 nitrogen and oxygen atoms in total. The number of halogens is 3. The molecule has 2 aromatic rings. The van der Waals surface area contributed by atoms with Crippen LogP contribution in [0.5, 0.6) is 0 Å². The van der Waals surface area contributed by atoms with Crippen molar-refractivity contribution in [2.75, 3.05) is 19.6 Å².